The van der Waals surface area contributed by atoms with Crippen molar-refractivity contribution in [2.75, 3.05) is 11.2 Å². The van der Waals surface area contributed by atoms with Crippen molar-refractivity contribution < 1.29 is 13.6 Å². The average molecular weight is 375 g/mol. The SMILES string of the molecule is CCSc1nc2cccc(F)c2c(=O)n1NC(=O)Cc1cccc(F)c1. The lowest BCUT2D eigenvalue weighted by Crippen LogP contribution is -2.36. The molecule has 0 aliphatic carbocycles. The van der Waals surface area contributed by atoms with Gasteiger partial charge < -0.3 is 0 Å². The predicted molar refractivity (Wildman–Crippen MR) is 96.8 cm³/mol. The number of amides is 1. The first kappa shape index (κ1) is 18.1. The van der Waals surface area contributed by atoms with E-state index < -0.39 is 23.1 Å². The number of carbonyl (C=O) groups is 1. The Balaban J connectivity index is 1.98. The van der Waals surface area contributed by atoms with Crippen molar-refractivity contribution in [2.45, 2.75) is 18.5 Å². The molecule has 1 heterocycles. The molecular weight excluding hydrogens is 360 g/mol. The molecule has 5 nitrogen and oxygen atoms in total. The molecule has 0 aliphatic heterocycles. The van der Waals surface area contributed by atoms with Crippen LogP contribution in [0.5, 0.6) is 0 Å². The second kappa shape index (κ2) is 7.65. The summed E-state index contributed by atoms with van der Waals surface area (Å²) in [6, 6.07) is 9.79. The Hall–Kier alpha value is -2.74. The summed E-state index contributed by atoms with van der Waals surface area (Å²) in [5.41, 5.74) is 2.43. The predicted octanol–water partition coefficient (Wildman–Crippen LogP) is 3.10. The molecule has 0 saturated heterocycles. The number of rotatable bonds is 5. The summed E-state index contributed by atoms with van der Waals surface area (Å²) in [6.45, 7) is 1.87. The molecule has 2 aromatic carbocycles. The number of halogens is 2. The van der Waals surface area contributed by atoms with Crippen LogP contribution in [0.15, 0.2) is 52.4 Å². The van der Waals surface area contributed by atoms with E-state index in [1.165, 1.54) is 36.0 Å². The van der Waals surface area contributed by atoms with Crippen LogP contribution in [0.3, 0.4) is 0 Å². The van der Waals surface area contributed by atoms with Crippen LogP contribution in [0.25, 0.3) is 10.9 Å². The minimum Gasteiger partial charge on any atom is -0.273 e. The van der Waals surface area contributed by atoms with E-state index in [-0.39, 0.29) is 22.5 Å². The Labute approximate surface area is 152 Å². The minimum atomic E-state index is -0.707. The Morgan fingerprint density at radius 1 is 1.23 bits per heavy atom. The third kappa shape index (κ3) is 3.75. The van der Waals surface area contributed by atoms with Gasteiger partial charge in [-0.15, -0.1) is 0 Å². The number of hydrogen-bond acceptors (Lipinski definition) is 4. The van der Waals surface area contributed by atoms with E-state index in [2.05, 4.69) is 10.4 Å². The minimum absolute atomic E-state index is 0.129. The van der Waals surface area contributed by atoms with Crippen molar-refractivity contribution in [1.82, 2.24) is 9.66 Å². The second-order valence-corrected chi connectivity index (χ2v) is 6.67. The van der Waals surface area contributed by atoms with Crippen molar-refractivity contribution in [2.24, 2.45) is 0 Å². The standard InChI is InChI=1S/C18H15F2N3O2S/c1-2-26-18-21-14-8-4-7-13(20)16(14)17(25)23(18)22-15(24)10-11-5-3-6-12(19)9-11/h3-9H,2,10H2,1H3,(H,22,24). The summed E-state index contributed by atoms with van der Waals surface area (Å²) >= 11 is 1.24. The average Bonchev–Trinajstić information content (AvgIpc) is 2.58. The van der Waals surface area contributed by atoms with Gasteiger partial charge in [0.1, 0.15) is 17.0 Å². The Kier molecular flexibility index (Phi) is 5.32. The Morgan fingerprint density at radius 2 is 2.00 bits per heavy atom. The molecule has 134 valence electrons. The number of nitrogens with zero attached hydrogens (tertiary/aromatic N) is 2. The van der Waals surface area contributed by atoms with Crippen LogP contribution in [0.1, 0.15) is 12.5 Å². The molecule has 0 fully saturated rings. The molecule has 26 heavy (non-hydrogen) atoms. The van der Waals surface area contributed by atoms with E-state index in [4.69, 9.17) is 0 Å². The maximum atomic E-state index is 14.1. The van der Waals surface area contributed by atoms with Gasteiger partial charge in [-0.2, -0.15) is 4.68 Å². The second-order valence-electron chi connectivity index (χ2n) is 5.44. The van der Waals surface area contributed by atoms with E-state index in [9.17, 15) is 18.4 Å². The number of nitrogens with one attached hydrogen (secondary N) is 1. The molecular formula is C18H15F2N3O2S. The molecule has 8 heteroatoms. The third-order valence-corrected chi connectivity index (χ3v) is 4.40. The van der Waals surface area contributed by atoms with Crippen LogP contribution < -0.4 is 11.0 Å². The molecule has 0 spiro atoms. The highest BCUT2D eigenvalue weighted by molar-refractivity contribution is 7.99. The zero-order valence-electron chi connectivity index (χ0n) is 13.8. The van der Waals surface area contributed by atoms with Crippen LogP contribution >= 0.6 is 11.8 Å². The first-order valence-corrected chi connectivity index (χ1v) is 8.86. The fourth-order valence-electron chi connectivity index (χ4n) is 2.49. The fraction of sp³-hybridized carbons (Fsp3) is 0.167. The summed E-state index contributed by atoms with van der Waals surface area (Å²) in [5.74, 6) is -1.09. The Morgan fingerprint density at radius 3 is 2.73 bits per heavy atom. The molecule has 1 amide bonds. The Bertz CT molecular complexity index is 1040. The highest BCUT2D eigenvalue weighted by Gasteiger charge is 2.16. The van der Waals surface area contributed by atoms with Gasteiger partial charge in [0.25, 0.3) is 5.56 Å². The van der Waals surface area contributed by atoms with E-state index in [0.29, 0.717) is 11.3 Å². The molecule has 0 bridgehead atoms. The molecule has 3 aromatic rings. The molecule has 0 radical (unpaired) electrons. The molecule has 0 atom stereocenters. The summed E-state index contributed by atoms with van der Waals surface area (Å²) in [7, 11) is 0. The molecule has 1 aromatic heterocycles. The van der Waals surface area contributed by atoms with Crippen LogP contribution in [0, 0.1) is 11.6 Å². The van der Waals surface area contributed by atoms with Gasteiger partial charge in [-0.1, -0.05) is 36.9 Å². The lowest BCUT2D eigenvalue weighted by atomic mass is 10.1. The van der Waals surface area contributed by atoms with Crippen molar-refractivity contribution in [1.29, 1.82) is 0 Å². The molecule has 0 unspecified atom stereocenters. The van der Waals surface area contributed by atoms with Crippen molar-refractivity contribution in [3.05, 3.63) is 70.0 Å². The monoisotopic (exact) mass is 375 g/mol. The van der Waals surface area contributed by atoms with Gasteiger partial charge >= 0.3 is 0 Å². The topological polar surface area (TPSA) is 64.0 Å². The number of carbonyl (C=O) groups excluding carboxylic acids is 1. The van der Waals surface area contributed by atoms with Crippen LogP contribution in [-0.2, 0) is 11.2 Å². The largest absolute Gasteiger partial charge is 0.284 e. The van der Waals surface area contributed by atoms with Gasteiger partial charge in [0.15, 0.2) is 5.16 Å². The van der Waals surface area contributed by atoms with Crippen LogP contribution in [0.2, 0.25) is 0 Å². The lowest BCUT2D eigenvalue weighted by molar-refractivity contribution is -0.116. The molecule has 0 saturated carbocycles. The zero-order valence-corrected chi connectivity index (χ0v) is 14.6. The molecule has 3 rings (SSSR count). The normalized spacial score (nSPS) is 10.9. The number of benzene rings is 2. The van der Waals surface area contributed by atoms with Gasteiger partial charge in [0.05, 0.1) is 11.9 Å². The van der Waals surface area contributed by atoms with Crippen molar-refractivity contribution in [3.63, 3.8) is 0 Å². The first-order chi connectivity index (χ1) is 12.5. The van der Waals surface area contributed by atoms with E-state index in [1.54, 1.807) is 12.1 Å². The number of thioether (sulfide) groups is 1. The van der Waals surface area contributed by atoms with Gasteiger partial charge in [-0.3, -0.25) is 15.0 Å². The van der Waals surface area contributed by atoms with Gasteiger partial charge in [0.2, 0.25) is 5.91 Å². The maximum absolute atomic E-state index is 14.1. The van der Waals surface area contributed by atoms with Gasteiger partial charge in [-0.25, -0.2) is 13.8 Å². The first-order valence-electron chi connectivity index (χ1n) is 7.88. The third-order valence-electron chi connectivity index (χ3n) is 3.58. The van der Waals surface area contributed by atoms with Crippen molar-refractivity contribution in [3.8, 4) is 0 Å². The number of hydrogen-bond donors (Lipinski definition) is 1. The zero-order chi connectivity index (χ0) is 18.7. The quantitative estimate of drug-likeness (QED) is 0.550. The summed E-state index contributed by atoms with van der Waals surface area (Å²) in [6.07, 6.45) is -0.129. The van der Waals surface area contributed by atoms with E-state index in [0.717, 1.165) is 10.7 Å². The highest BCUT2D eigenvalue weighted by atomic mass is 32.2. The molecule has 0 aliphatic rings. The smallest absolute Gasteiger partial charge is 0.273 e. The van der Waals surface area contributed by atoms with Gasteiger partial charge in [0, 0.05) is 0 Å². The fourth-order valence-corrected chi connectivity index (χ4v) is 3.17. The van der Waals surface area contributed by atoms with E-state index >= 15 is 0 Å². The molecule has 1 N–H and O–H groups in total. The summed E-state index contributed by atoms with van der Waals surface area (Å²) < 4.78 is 28.3. The van der Waals surface area contributed by atoms with Crippen molar-refractivity contribution >= 4 is 28.6 Å². The van der Waals surface area contributed by atoms with E-state index in [1.807, 2.05) is 6.92 Å². The summed E-state index contributed by atoms with van der Waals surface area (Å²) in [5, 5.41) is 0.0576. The number of aromatic nitrogens is 2. The lowest BCUT2D eigenvalue weighted by Gasteiger charge is -2.13. The maximum Gasteiger partial charge on any atom is 0.284 e. The van der Waals surface area contributed by atoms with Crippen LogP contribution in [-0.4, -0.2) is 21.3 Å². The summed E-state index contributed by atoms with van der Waals surface area (Å²) in [4.78, 5) is 29.3. The highest BCUT2D eigenvalue weighted by Crippen LogP contribution is 2.18. The number of fused-ring (bicyclic) bond motifs is 1. The van der Waals surface area contributed by atoms with Gasteiger partial charge in [-0.05, 0) is 35.6 Å². The van der Waals surface area contributed by atoms with Crippen LogP contribution in [0.4, 0.5) is 8.78 Å².